The van der Waals surface area contributed by atoms with E-state index in [0.717, 1.165) is 25.1 Å². The predicted octanol–water partition coefficient (Wildman–Crippen LogP) is 1.23. The van der Waals surface area contributed by atoms with Crippen molar-refractivity contribution < 1.29 is 9.90 Å². The second-order valence-electron chi connectivity index (χ2n) is 5.05. The number of hydrogen-bond donors (Lipinski definition) is 2. The van der Waals surface area contributed by atoms with Crippen LogP contribution in [0.15, 0.2) is 18.3 Å². The van der Waals surface area contributed by atoms with Crippen LogP contribution in [0.4, 0.5) is 5.69 Å². The van der Waals surface area contributed by atoms with E-state index in [2.05, 4.69) is 9.88 Å². The number of rotatable bonds is 4. The van der Waals surface area contributed by atoms with Gasteiger partial charge in [-0.25, -0.2) is 0 Å². The smallest absolute Gasteiger partial charge is 0.222 e. The summed E-state index contributed by atoms with van der Waals surface area (Å²) in [6, 6.07) is 3.79. The summed E-state index contributed by atoms with van der Waals surface area (Å²) in [5.41, 5.74) is 7.05. The van der Waals surface area contributed by atoms with Gasteiger partial charge >= 0.3 is 0 Å². The van der Waals surface area contributed by atoms with Crippen molar-refractivity contribution in [3.05, 3.63) is 24.0 Å². The van der Waals surface area contributed by atoms with Crippen LogP contribution in [0, 0.1) is 5.92 Å². The van der Waals surface area contributed by atoms with Crippen LogP contribution in [0.2, 0.25) is 0 Å². The molecule has 0 radical (unpaired) electrons. The molecule has 1 aromatic rings. The fourth-order valence-corrected chi connectivity index (χ4v) is 2.43. The largest absolute Gasteiger partial charge is 0.387 e. The Hall–Kier alpha value is -1.62. The molecule has 0 saturated carbocycles. The molecule has 1 saturated heterocycles. The molecule has 5 nitrogen and oxygen atoms in total. The van der Waals surface area contributed by atoms with Crippen molar-refractivity contribution in [3.63, 3.8) is 0 Å². The van der Waals surface area contributed by atoms with E-state index in [1.807, 2.05) is 19.1 Å². The van der Waals surface area contributed by atoms with Gasteiger partial charge in [0.15, 0.2) is 0 Å². The van der Waals surface area contributed by atoms with Crippen LogP contribution < -0.4 is 10.6 Å². The van der Waals surface area contributed by atoms with Gasteiger partial charge in [-0.3, -0.25) is 9.78 Å². The molecular weight excluding hydrogens is 242 g/mol. The fourth-order valence-electron chi connectivity index (χ4n) is 2.43. The summed E-state index contributed by atoms with van der Waals surface area (Å²) in [6.07, 6.45) is 3.74. The highest BCUT2D eigenvalue weighted by atomic mass is 16.3. The fraction of sp³-hybridized carbons (Fsp3) is 0.571. The van der Waals surface area contributed by atoms with Crippen molar-refractivity contribution >= 4 is 11.6 Å². The van der Waals surface area contributed by atoms with Gasteiger partial charge in [0.25, 0.3) is 0 Å². The highest BCUT2D eigenvalue weighted by Gasteiger charge is 2.24. The summed E-state index contributed by atoms with van der Waals surface area (Å²) < 4.78 is 0. The van der Waals surface area contributed by atoms with Crippen molar-refractivity contribution in [2.75, 3.05) is 18.0 Å². The number of pyridine rings is 1. The number of primary amides is 1. The molecule has 1 aliphatic heterocycles. The topological polar surface area (TPSA) is 79.5 Å². The first kappa shape index (κ1) is 13.8. The van der Waals surface area contributed by atoms with Crippen LogP contribution in [-0.2, 0) is 4.79 Å². The van der Waals surface area contributed by atoms with Gasteiger partial charge in [-0.1, -0.05) is 6.92 Å². The van der Waals surface area contributed by atoms with E-state index in [1.165, 1.54) is 0 Å². The lowest BCUT2D eigenvalue weighted by Crippen LogP contribution is -2.41. The molecule has 1 amide bonds. The Bertz CT molecular complexity index is 433. The summed E-state index contributed by atoms with van der Waals surface area (Å²) in [4.78, 5) is 17.7. The number of aliphatic hydroxyl groups is 1. The minimum absolute atomic E-state index is 0.0744. The Morgan fingerprint density at radius 2 is 2.42 bits per heavy atom. The molecular formula is C14H21N3O2. The number of carbonyl (C=O) groups is 1. The van der Waals surface area contributed by atoms with E-state index in [0.29, 0.717) is 18.7 Å². The predicted molar refractivity (Wildman–Crippen MR) is 73.6 cm³/mol. The van der Waals surface area contributed by atoms with Crippen LogP contribution in [0.3, 0.4) is 0 Å². The van der Waals surface area contributed by atoms with Crippen LogP contribution in [-0.4, -0.2) is 29.1 Å². The lowest BCUT2D eigenvalue weighted by Gasteiger charge is -2.32. The number of nitrogens with two attached hydrogens (primary N) is 1. The standard InChI is InChI=1S/C14H21N3O2/c1-2-13(18)12-6-5-11(8-16-12)17-7-3-4-10(9-17)14(15)19/h5-6,8,10,13,18H,2-4,7,9H2,1H3,(H2,15,19)/t10?,13-/m0/s1. The molecule has 2 rings (SSSR count). The Balaban J connectivity index is 2.07. The van der Waals surface area contributed by atoms with E-state index in [9.17, 15) is 9.90 Å². The number of anilines is 1. The molecule has 1 fully saturated rings. The Morgan fingerprint density at radius 3 is 3.00 bits per heavy atom. The number of hydrogen-bond acceptors (Lipinski definition) is 4. The van der Waals surface area contributed by atoms with Crippen LogP contribution in [0.25, 0.3) is 0 Å². The van der Waals surface area contributed by atoms with E-state index in [4.69, 9.17) is 5.73 Å². The molecule has 2 atom stereocenters. The number of amides is 1. The highest BCUT2D eigenvalue weighted by molar-refractivity contribution is 5.77. The first-order valence-electron chi connectivity index (χ1n) is 6.80. The third-order valence-electron chi connectivity index (χ3n) is 3.69. The van der Waals surface area contributed by atoms with E-state index < -0.39 is 6.10 Å². The summed E-state index contributed by atoms with van der Waals surface area (Å²) in [6.45, 7) is 3.50. The van der Waals surface area contributed by atoms with E-state index in [-0.39, 0.29) is 11.8 Å². The van der Waals surface area contributed by atoms with Gasteiger partial charge in [0.05, 0.1) is 29.6 Å². The molecule has 0 aliphatic carbocycles. The zero-order valence-corrected chi connectivity index (χ0v) is 11.2. The maximum absolute atomic E-state index is 11.3. The molecule has 104 valence electrons. The van der Waals surface area contributed by atoms with Gasteiger partial charge in [0, 0.05) is 13.1 Å². The van der Waals surface area contributed by atoms with Crippen molar-refractivity contribution in [2.45, 2.75) is 32.3 Å². The van der Waals surface area contributed by atoms with E-state index >= 15 is 0 Å². The zero-order chi connectivity index (χ0) is 13.8. The summed E-state index contributed by atoms with van der Waals surface area (Å²) in [7, 11) is 0. The number of aromatic nitrogens is 1. The average Bonchev–Trinajstić information content (AvgIpc) is 2.46. The van der Waals surface area contributed by atoms with Gasteiger partial charge in [-0.2, -0.15) is 0 Å². The van der Waals surface area contributed by atoms with Gasteiger partial charge in [-0.05, 0) is 31.4 Å². The Morgan fingerprint density at radius 1 is 1.63 bits per heavy atom. The molecule has 0 bridgehead atoms. The summed E-state index contributed by atoms with van der Waals surface area (Å²) in [5.74, 6) is -0.301. The first-order chi connectivity index (χ1) is 9.11. The minimum atomic E-state index is -0.506. The van der Waals surface area contributed by atoms with Gasteiger partial charge < -0.3 is 15.7 Å². The van der Waals surface area contributed by atoms with Crippen LogP contribution in [0.1, 0.15) is 38.0 Å². The van der Waals surface area contributed by atoms with Crippen molar-refractivity contribution in [1.29, 1.82) is 0 Å². The van der Waals surface area contributed by atoms with Crippen LogP contribution in [0.5, 0.6) is 0 Å². The van der Waals surface area contributed by atoms with Gasteiger partial charge in [0.2, 0.25) is 5.91 Å². The second-order valence-corrected chi connectivity index (χ2v) is 5.05. The summed E-state index contributed by atoms with van der Waals surface area (Å²) >= 11 is 0. The molecule has 19 heavy (non-hydrogen) atoms. The highest BCUT2D eigenvalue weighted by Crippen LogP contribution is 2.24. The van der Waals surface area contributed by atoms with Crippen molar-refractivity contribution in [1.82, 2.24) is 4.98 Å². The second kappa shape index (κ2) is 6.02. The molecule has 5 heteroatoms. The summed E-state index contributed by atoms with van der Waals surface area (Å²) in [5, 5.41) is 9.71. The van der Waals surface area contributed by atoms with Crippen molar-refractivity contribution in [3.8, 4) is 0 Å². The van der Waals surface area contributed by atoms with Gasteiger partial charge in [0.1, 0.15) is 0 Å². The quantitative estimate of drug-likeness (QED) is 0.856. The number of nitrogens with zero attached hydrogens (tertiary/aromatic N) is 2. The lowest BCUT2D eigenvalue weighted by molar-refractivity contribution is -0.122. The molecule has 1 unspecified atom stereocenters. The molecule has 2 heterocycles. The molecule has 0 aromatic carbocycles. The maximum Gasteiger partial charge on any atom is 0.222 e. The SMILES string of the molecule is CC[C@H](O)c1ccc(N2CCCC(C(N)=O)C2)cn1. The number of aliphatic hydroxyl groups excluding tert-OH is 1. The lowest BCUT2D eigenvalue weighted by atomic mass is 9.97. The molecule has 0 spiro atoms. The third-order valence-corrected chi connectivity index (χ3v) is 3.69. The number of piperidine rings is 1. The zero-order valence-electron chi connectivity index (χ0n) is 11.2. The number of carbonyl (C=O) groups excluding carboxylic acids is 1. The molecule has 3 N–H and O–H groups in total. The first-order valence-corrected chi connectivity index (χ1v) is 6.80. The van der Waals surface area contributed by atoms with Gasteiger partial charge in [-0.15, -0.1) is 0 Å². The normalized spacial score (nSPS) is 21.2. The monoisotopic (exact) mass is 263 g/mol. The average molecular weight is 263 g/mol. The molecule has 1 aliphatic rings. The van der Waals surface area contributed by atoms with Crippen molar-refractivity contribution in [2.24, 2.45) is 11.7 Å². The Kier molecular flexibility index (Phi) is 4.37. The van der Waals surface area contributed by atoms with Crippen LogP contribution >= 0.6 is 0 Å². The molecule has 1 aromatic heterocycles. The third kappa shape index (κ3) is 3.23. The Labute approximate surface area is 113 Å². The maximum atomic E-state index is 11.3. The minimum Gasteiger partial charge on any atom is -0.387 e. The van der Waals surface area contributed by atoms with E-state index in [1.54, 1.807) is 6.20 Å².